The molecule has 2 N–H and O–H groups in total. The van der Waals surface area contributed by atoms with Crippen molar-refractivity contribution < 1.29 is 14.6 Å². The van der Waals surface area contributed by atoms with Crippen molar-refractivity contribution >= 4 is 23.3 Å². The van der Waals surface area contributed by atoms with Gasteiger partial charge in [-0.05, 0) is 49.2 Å². The van der Waals surface area contributed by atoms with Crippen molar-refractivity contribution in [3.05, 3.63) is 54.1 Å². The van der Waals surface area contributed by atoms with E-state index in [2.05, 4.69) is 5.32 Å². The van der Waals surface area contributed by atoms with E-state index in [9.17, 15) is 9.90 Å². The molecule has 2 aromatic rings. The molecule has 1 atom stereocenters. The molecular formula is C19H22ClNO3. The molecule has 0 aliphatic heterocycles. The summed E-state index contributed by atoms with van der Waals surface area (Å²) in [5.74, 6) is -0.120. The molecule has 1 unspecified atom stereocenters. The van der Waals surface area contributed by atoms with Crippen molar-refractivity contribution in [2.24, 2.45) is 0 Å². The fourth-order valence-electron chi connectivity index (χ4n) is 2.18. The van der Waals surface area contributed by atoms with Gasteiger partial charge in [0.05, 0.1) is 23.7 Å². The number of carbonyl (C=O) groups is 1. The van der Waals surface area contributed by atoms with Crippen LogP contribution in [-0.2, 0) is 4.74 Å². The van der Waals surface area contributed by atoms with Gasteiger partial charge in [0.25, 0.3) is 0 Å². The summed E-state index contributed by atoms with van der Waals surface area (Å²) in [5, 5.41) is 12.6. The third-order valence-corrected chi connectivity index (χ3v) is 3.74. The van der Waals surface area contributed by atoms with Gasteiger partial charge in [-0.1, -0.05) is 24.3 Å². The van der Waals surface area contributed by atoms with E-state index in [4.69, 9.17) is 16.3 Å². The Morgan fingerprint density at radius 3 is 2.50 bits per heavy atom. The molecule has 24 heavy (non-hydrogen) atoms. The fraction of sp³-hybridized carbons (Fsp3) is 0.316. The normalized spacial score (nSPS) is 12.0. The smallest absolute Gasteiger partial charge is 0.338 e. The van der Waals surface area contributed by atoms with Crippen LogP contribution in [0.2, 0.25) is 0 Å². The molecule has 0 heterocycles. The van der Waals surface area contributed by atoms with Crippen molar-refractivity contribution in [3.8, 4) is 11.1 Å². The summed E-state index contributed by atoms with van der Waals surface area (Å²) < 4.78 is 5.23. The molecule has 0 saturated carbocycles. The highest BCUT2D eigenvalue weighted by molar-refractivity contribution is 6.18. The number of ether oxygens (including phenoxy) is 1. The first-order valence-corrected chi connectivity index (χ1v) is 8.42. The Balaban J connectivity index is 2.10. The second-order valence-electron chi connectivity index (χ2n) is 5.80. The Labute approximate surface area is 147 Å². The van der Waals surface area contributed by atoms with Crippen LogP contribution in [0.15, 0.2) is 48.5 Å². The zero-order valence-corrected chi connectivity index (χ0v) is 14.6. The zero-order valence-electron chi connectivity index (χ0n) is 13.8. The lowest BCUT2D eigenvalue weighted by atomic mass is 10.0. The summed E-state index contributed by atoms with van der Waals surface area (Å²) in [6, 6.07) is 15.1. The molecule has 128 valence electrons. The van der Waals surface area contributed by atoms with E-state index in [-0.39, 0.29) is 18.0 Å². The van der Waals surface area contributed by atoms with Crippen LogP contribution >= 0.6 is 11.6 Å². The number of esters is 1. The summed E-state index contributed by atoms with van der Waals surface area (Å²) in [6.45, 7) is 4.06. The first kappa shape index (κ1) is 18.3. The minimum Gasteiger partial charge on any atom is -0.459 e. The topological polar surface area (TPSA) is 58.6 Å². The maximum absolute atomic E-state index is 12.0. The summed E-state index contributed by atoms with van der Waals surface area (Å²) >= 11 is 5.57. The van der Waals surface area contributed by atoms with Gasteiger partial charge in [-0.15, -0.1) is 11.6 Å². The Morgan fingerprint density at radius 1 is 1.17 bits per heavy atom. The van der Waals surface area contributed by atoms with Gasteiger partial charge in [-0.25, -0.2) is 4.79 Å². The van der Waals surface area contributed by atoms with Gasteiger partial charge >= 0.3 is 5.97 Å². The maximum Gasteiger partial charge on any atom is 0.338 e. The van der Waals surface area contributed by atoms with Gasteiger partial charge in [0, 0.05) is 12.2 Å². The van der Waals surface area contributed by atoms with Crippen LogP contribution in [0.5, 0.6) is 0 Å². The van der Waals surface area contributed by atoms with E-state index in [0.29, 0.717) is 12.1 Å². The first-order chi connectivity index (χ1) is 11.5. The number of hydrogen-bond donors (Lipinski definition) is 2. The number of alkyl halides is 1. The van der Waals surface area contributed by atoms with Gasteiger partial charge in [0.15, 0.2) is 0 Å². The van der Waals surface area contributed by atoms with Gasteiger partial charge in [-0.3, -0.25) is 0 Å². The third-order valence-electron chi connectivity index (χ3n) is 3.38. The average molecular weight is 348 g/mol. The van der Waals surface area contributed by atoms with E-state index in [1.807, 2.05) is 56.3 Å². The minimum absolute atomic E-state index is 0.144. The molecule has 0 amide bonds. The van der Waals surface area contributed by atoms with Gasteiger partial charge in [0.2, 0.25) is 0 Å². The number of anilines is 1. The molecule has 0 bridgehead atoms. The molecule has 0 radical (unpaired) electrons. The Bertz CT molecular complexity index is 671. The number of aliphatic hydroxyl groups excluding tert-OH is 1. The average Bonchev–Trinajstić information content (AvgIpc) is 2.59. The molecule has 0 aliphatic rings. The van der Waals surface area contributed by atoms with Crippen molar-refractivity contribution in [3.63, 3.8) is 0 Å². The van der Waals surface area contributed by atoms with Crippen molar-refractivity contribution in [1.29, 1.82) is 0 Å². The predicted molar refractivity (Wildman–Crippen MR) is 97.6 cm³/mol. The molecule has 0 aromatic heterocycles. The third kappa shape index (κ3) is 5.25. The highest BCUT2D eigenvalue weighted by Crippen LogP contribution is 2.23. The monoisotopic (exact) mass is 347 g/mol. The van der Waals surface area contributed by atoms with E-state index in [0.717, 1.165) is 16.8 Å². The Hall–Kier alpha value is -2.04. The van der Waals surface area contributed by atoms with E-state index in [1.54, 1.807) is 6.07 Å². The van der Waals surface area contributed by atoms with Crippen molar-refractivity contribution in [2.75, 3.05) is 17.7 Å². The maximum atomic E-state index is 12.0. The van der Waals surface area contributed by atoms with Crippen molar-refractivity contribution in [1.82, 2.24) is 0 Å². The first-order valence-electron chi connectivity index (χ1n) is 7.89. The molecular weight excluding hydrogens is 326 g/mol. The molecule has 5 heteroatoms. The van der Waals surface area contributed by atoms with Crippen LogP contribution in [0.1, 0.15) is 24.2 Å². The molecule has 2 aromatic carbocycles. The van der Waals surface area contributed by atoms with Crippen LogP contribution in [0.4, 0.5) is 5.69 Å². The fourth-order valence-corrected chi connectivity index (χ4v) is 2.29. The standard InChI is InChI=1S/C19H22ClNO3/c1-13(2)24-19(23)16-5-3-4-15(10-16)14-6-8-17(9-7-14)21-12-18(22)11-20/h3-10,13,18,21-22H,11-12H2,1-2H3. The quantitative estimate of drug-likeness (QED) is 0.588. The molecule has 4 nitrogen and oxygen atoms in total. The minimum atomic E-state index is -0.574. The lowest BCUT2D eigenvalue weighted by molar-refractivity contribution is 0.0378. The molecule has 2 rings (SSSR count). The Morgan fingerprint density at radius 2 is 1.88 bits per heavy atom. The van der Waals surface area contributed by atoms with Crippen LogP contribution in [0.25, 0.3) is 11.1 Å². The number of nitrogens with one attached hydrogen (secondary N) is 1. The zero-order chi connectivity index (χ0) is 17.5. The number of hydrogen-bond acceptors (Lipinski definition) is 4. The van der Waals surface area contributed by atoms with Crippen LogP contribution in [0.3, 0.4) is 0 Å². The number of rotatable bonds is 7. The summed E-state index contributed by atoms with van der Waals surface area (Å²) in [4.78, 5) is 12.0. The summed E-state index contributed by atoms with van der Waals surface area (Å²) in [6.07, 6.45) is -0.718. The van der Waals surface area contributed by atoms with Crippen LogP contribution < -0.4 is 5.32 Å². The molecule has 0 spiro atoms. The van der Waals surface area contributed by atoms with Gasteiger partial charge < -0.3 is 15.2 Å². The second-order valence-corrected chi connectivity index (χ2v) is 6.11. The largest absolute Gasteiger partial charge is 0.459 e. The lowest BCUT2D eigenvalue weighted by Gasteiger charge is -2.11. The Kier molecular flexibility index (Phi) is 6.64. The summed E-state index contributed by atoms with van der Waals surface area (Å²) in [5.41, 5.74) is 3.38. The van der Waals surface area contributed by atoms with Crippen molar-refractivity contribution in [2.45, 2.75) is 26.1 Å². The number of aliphatic hydroxyl groups is 1. The molecule has 0 saturated heterocycles. The van der Waals surface area contributed by atoms with Gasteiger partial charge in [-0.2, -0.15) is 0 Å². The summed E-state index contributed by atoms with van der Waals surface area (Å²) in [7, 11) is 0. The van der Waals surface area contributed by atoms with E-state index in [1.165, 1.54) is 0 Å². The highest BCUT2D eigenvalue weighted by Gasteiger charge is 2.10. The van der Waals surface area contributed by atoms with Crippen LogP contribution in [0, 0.1) is 0 Å². The van der Waals surface area contributed by atoms with Crippen LogP contribution in [-0.4, -0.2) is 35.7 Å². The van der Waals surface area contributed by atoms with Gasteiger partial charge in [0.1, 0.15) is 0 Å². The number of halogens is 1. The highest BCUT2D eigenvalue weighted by atomic mass is 35.5. The second kappa shape index (κ2) is 8.71. The van der Waals surface area contributed by atoms with E-state index < -0.39 is 6.10 Å². The molecule has 0 aliphatic carbocycles. The SMILES string of the molecule is CC(C)OC(=O)c1cccc(-c2ccc(NCC(O)CCl)cc2)c1. The van der Waals surface area contributed by atoms with E-state index >= 15 is 0 Å². The number of carbonyl (C=O) groups excluding carboxylic acids is 1. The lowest BCUT2D eigenvalue weighted by Crippen LogP contribution is -2.20. The predicted octanol–water partition coefficient (Wildman–Crippen LogP) is 3.93. The number of benzene rings is 2. The molecule has 0 fully saturated rings.